The number of esters is 1. The molecule has 0 spiro atoms. The number of nitrogen functional groups attached to an aromatic ring is 1. The van der Waals surface area contributed by atoms with Crippen LogP contribution in [0.15, 0.2) is 12.3 Å². The predicted octanol–water partition coefficient (Wildman–Crippen LogP) is 1.65. The van der Waals surface area contributed by atoms with E-state index < -0.39 is 5.97 Å². The summed E-state index contributed by atoms with van der Waals surface area (Å²) < 4.78 is 10.4. The molecule has 6 heteroatoms. The SMILES string of the molecule is Nc1cnc(Cl)c(C(=O)OCC2CCCO2)c1. The first-order chi connectivity index (χ1) is 8.16. The highest BCUT2D eigenvalue weighted by atomic mass is 35.5. The number of nitrogens with zero attached hydrogens (tertiary/aromatic N) is 1. The van der Waals surface area contributed by atoms with Gasteiger partial charge in [0.05, 0.1) is 23.6 Å². The molecule has 1 aliphatic heterocycles. The number of aromatic nitrogens is 1. The molecule has 0 amide bonds. The van der Waals surface area contributed by atoms with Crippen LogP contribution in [0.4, 0.5) is 5.69 Å². The lowest BCUT2D eigenvalue weighted by atomic mass is 10.2. The molecule has 1 fully saturated rings. The van der Waals surface area contributed by atoms with Crippen molar-refractivity contribution in [1.29, 1.82) is 0 Å². The molecule has 0 radical (unpaired) electrons. The average molecular weight is 257 g/mol. The molecule has 2 heterocycles. The minimum Gasteiger partial charge on any atom is -0.459 e. The summed E-state index contributed by atoms with van der Waals surface area (Å²) >= 11 is 5.79. The first-order valence-corrected chi connectivity index (χ1v) is 5.74. The molecule has 2 rings (SSSR count). The van der Waals surface area contributed by atoms with Gasteiger partial charge in [-0.15, -0.1) is 0 Å². The van der Waals surface area contributed by atoms with Crippen LogP contribution in [-0.2, 0) is 9.47 Å². The highest BCUT2D eigenvalue weighted by Crippen LogP contribution is 2.18. The standard InChI is InChI=1S/C11H13ClN2O3/c12-10-9(4-7(13)5-14-10)11(15)17-6-8-2-1-3-16-8/h4-5,8H,1-3,6,13H2. The van der Waals surface area contributed by atoms with Crippen molar-refractivity contribution in [3.63, 3.8) is 0 Å². The molecule has 1 unspecified atom stereocenters. The quantitative estimate of drug-likeness (QED) is 0.658. The monoisotopic (exact) mass is 256 g/mol. The molecule has 1 aromatic rings. The Bertz CT molecular complexity index is 419. The van der Waals surface area contributed by atoms with Gasteiger partial charge in [-0.25, -0.2) is 9.78 Å². The smallest absolute Gasteiger partial charge is 0.341 e. The first-order valence-electron chi connectivity index (χ1n) is 5.36. The lowest BCUT2D eigenvalue weighted by molar-refractivity contribution is 0.0161. The molecule has 0 bridgehead atoms. The largest absolute Gasteiger partial charge is 0.459 e. The average Bonchev–Trinajstić information content (AvgIpc) is 2.82. The molecule has 2 N–H and O–H groups in total. The molecular formula is C11H13ClN2O3. The number of ether oxygens (including phenoxy) is 2. The minimum atomic E-state index is -0.523. The van der Waals surface area contributed by atoms with Gasteiger partial charge < -0.3 is 15.2 Å². The van der Waals surface area contributed by atoms with Crippen molar-refractivity contribution < 1.29 is 14.3 Å². The van der Waals surface area contributed by atoms with E-state index in [4.69, 9.17) is 26.8 Å². The second kappa shape index (κ2) is 5.33. The number of nitrogens with two attached hydrogens (primary N) is 1. The first kappa shape index (κ1) is 12.1. The van der Waals surface area contributed by atoms with Gasteiger partial charge >= 0.3 is 5.97 Å². The zero-order chi connectivity index (χ0) is 12.3. The van der Waals surface area contributed by atoms with Gasteiger partial charge in [-0.3, -0.25) is 0 Å². The number of halogens is 1. The number of pyridine rings is 1. The maximum atomic E-state index is 11.7. The summed E-state index contributed by atoms with van der Waals surface area (Å²) in [4.78, 5) is 15.5. The third-order valence-corrected chi connectivity index (χ3v) is 2.81. The molecular weight excluding hydrogens is 244 g/mol. The van der Waals surface area contributed by atoms with Crippen LogP contribution >= 0.6 is 11.6 Å². The Kier molecular flexibility index (Phi) is 3.81. The fourth-order valence-electron chi connectivity index (χ4n) is 1.63. The zero-order valence-electron chi connectivity index (χ0n) is 9.19. The Labute approximate surface area is 104 Å². The second-order valence-electron chi connectivity index (χ2n) is 3.84. The van der Waals surface area contributed by atoms with Gasteiger partial charge in [0, 0.05) is 6.61 Å². The number of hydrogen-bond acceptors (Lipinski definition) is 5. The van der Waals surface area contributed by atoms with Crippen molar-refractivity contribution in [2.75, 3.05) is 18.9 Å². The molecule has 1 atom stereocenters. The Morgan fingerprint density at radius 2 is 2.53 bits per heavy atom. The van der Waals surface area contributed by atoms with Crippen molar-refractivity contribution in [2.45, 2.75) is 18.9 Å². The molecule has 1 saturated heterocycles. The molecule has 0 saturated carbocycles. The van der Waals surface area contributed by atoms with Crippen molar-refractivity contribution in [1.82, 2.24) is 4.98 Å². The highest BCUT2D eigenvalue weighted by Gasteiger charge is 2.19. The van der Waals surface area contributed by atoms with E-state index >= 15 is 0 Å². The maximum Gasteiger partial charge on any atom is 0.341 e. The van der Waals surface area contributed by atoms with Gasteiger partial charge in [0.15, 0.2) is 0 Å². The van der Waals surface area contributed by atoms with Gasteiger partial charge in [-0.05, 0) is 18.9 Å². The summed E-state index contributed by atoms with van der Waals surface area (Å²) in [5, 5.41) is 0.0940. The number of anilines is 1. The topological polar surface area (TPSA) is 74.4 Å². The second-order valence-corrected chi connectivity index (χ2v) is 4.20. The van der Waals surface area contributed by atoms with Crippen molar-refractivity contribution >= 4 is 23.3 Å². The number of hydrogen-bond donors (Lipinski definition) is 1. The fourth-order valence-corrected chi connectivity index (χ4v) is 1.81. The van der Waals surface area contributed by atoms with E-state index in [0.29, 0.717) is 5.69 Å². The van der Waals surface area contributed by atoms with Crippen molar-refractivity contribution in [2.24, 2.45) is 0 Å². The van der Waals surface area contributed by atoms with Crippen LogP contribution in [-0.4, -0.2) is 30.3 Å². The third kappa shape index (κ3) is 3.08. The van der Waals surface area contributed by atoms with Crippen LogP contribution in [0.5, 0.6) is 0 Å². The summed E-state index contributed by atoms with van der Waals surface area (Å²) in [6.45, 7) is 0.965. The van der Waals surface area contributed by atoms with E-state index in [9.17, 15) is 4.79 Å². The van der Waals surface area contributed by atoms with Gasteiger partial charge in [0.1, 0.15) is 11.8 Å². The minimum absolute atomic E-state index is 0.00764. The van der Waals surface area contributed by atoms with Gasteiger partial charge in [-0.1, -0.05) is 11.6 Å². The summed E-state index contributed by atoms with van der Waals surface area (Å²) in [6, 6.07) is 1.45. The fraction of sp³-hybridized carbons (Fsp3) is 0.455. The molecule has 0 aliphatic carbocycles. The van der Waals surface area contributed by atoms with E-state index in [-0.39, 0.29) is 23.4 Å². The van der Waals surface area contributed by atoms with Crippen LogP contribution in [0.3, 0.4) is 0 Å². The predicted molar refractivity (Wildman–Crippen MR) is 62.9 cm³/mol. The zero-order valence-corrected chi connectivity index (χ0v) is 9.94. The molecule has 1 aromatic heterocycles. The van der Waals surface area contributed by atoms with Crippen molar-refractivity contribution in [3.8, 4) is 0 Å². The van der Waals surface area contributed by atoms with Crippen LogP contribution < -0.4 is 5.73 Å². The normalized spacial score (nSPS) is 19.2. The molecule has 1 aliphatic rings. The molecule has 92 valence electrons. The Hall–Kier alpha value is -1.33. The third-order valence-electron chi connectivity index (χ3n) is 2.50. The van der Waals surface area contributed by atoms with E-state index in [1.165, 1.54) is 12.3 Å². The Morgan fingerprint density at radius 1 is 1.71 bits per heavy atom. The molecule has 17 heavy (non-hydrogen) atoms. The van der Waals surface area contributed by atoms with Crippen LogP contribution in [0.25, 0.3) is 0 Å². The molecule has 5 nitrogen and oxygen atoms in total. The van der Waals surface area contributed by atoms with Crippen LogP contribution in [0, 0.1) is 0 Å². The van der Waals surface area contributed by atoms with Gasteiger partial charge in [0.2, 0.25) is 0 Å². The lowest BCUT2D eigenvalue weighted by Crippen LogP contribution is -2.18. The summed E-state index contributed by atoms with van der Waals surface area (Å²) in [7, 11) is 0. The number of carbonyl (C=O) groups is 1. The molecule has 0 aromatic carbocycles. The van der Waals surface area contributed by atoms with E-state index in [0.717, 1.165) is 19.4 Å². The Morgan fingerprint density at radius 3 is 3.24 bits per heavy atom. The van der Waals surface area contributed by atoms with Gasteiger partial charge in [-0.2, -0.15) is 0 Å². The summed E-state index contributed by atoms with van der Waals surface area (Å²) in [6.07, 6.45) is 3.30. The number of rotatable bonds is 3. The van der Waals surface area contributed by atoms with Crippen LogP contribution in [0.2, 0.25) is 5.15 Å². The highest BCUT2D eigenvalue weighted by molar-refractivity contribution is 6.32. The van der Waals surface area contributed by atoms with Crippen molar-refractivity contribution in [3.05, 3.63) is 23.0 Å². The number of carbonyl (C=O) groups excluding carboxylic acids is 1. The van der Waals surface area contributed by atoms with Crippen LogP contribution in [0.1, 0.15) is 23.2 Å². The lowest BCUT2D eigenvalue weighted by Gasteiger charge is -2.10. The van der Waals surface area contributed by atoms with E-state index in [1.807, 2.05) is 0 Å². The van der Waals surface area contributed by atoms with Gasteiger partial charge in [0.25, 0.3) is 0 Å². The Balaban J connectivity index is 1.96. The van der Waals surface area contributed by atoms with E-state index in [1.54, 1.807) is 0 Å². The van der Waals surface area contributed by atoms with E-state index in [2.05, 4.69) is 4.98 Å². The summed E-state index contributed by atoms with van der Waals surface area (Å²) in [5.74, 6) is -0.523. The maximum absolute atomic E-state index is 11.7. The summed E-state index contributed by atoms with van der Waals surface area (Å²) in [5.41, 5.74) is 6.09.